The van der Waals surface area contributed by atoms with E-state index in [1.54, 1.807) is 25.3 Å². The molecule has 0 aliphatic heterocycles. The molecule has 0 aliphatic rings. The molecule has 1 heterocycles. The second-order valence-corrected chi connectivity index (χ2v) is 5.04. The molecule has 1 aromatic carbocycles. The highest BCUT2D eigenvalue weighted by molar-refractivity contribution is 7.17. The molecule has 2 aromatic rings. The number of methoxy groups -OCH3 is 1. The highest BCUT2D eigenvalue weighted by Gasteiger charge is 2.11. The predicted octanol–water partition coefficient (Wildman–Crippen LogP) is 3.97. The minimum absolute atomic E-state index is 0.0480. The van der Waals surface area contributed by atoms with Crippen LogP contribution in [0.4, 0.5) is 0 Å². The first-order valence-electron chi connectivity index (χ1n) is 4.99. The number of hydrogen-bond donors (Lipinski definition) is 1. The second kappa shape index (κ2) is 6.10. The van der Waals surface area contributed by atoms with Gasteiger partial charge >= 0.3 is 0 Å². The Kier molecular flexibility index (Phi) is 4.47. The summed E-state index contributed by atoms with van der Waals surface area (Å²) in [6.45, 7) is 0. The van der Waals surface area contributed by atoms with Crippen molar-refractivity contribution >= 4 is 39.7 Å². The zero-order valence-corrected chi connectivity index (χ0v) is 12.0. The Morgan fingerprint density at radius 2 is 2.26 bits per heavy atom. The van der Waals surface area contributed by atoms with Crippen LogP contribution < -0.4 is 9.47 Å². The van der Waals surface area contributed by atoms with Gasteiger partial charge in [-0.3, -0.25) is 0 Å². The summed E-state index contributed by atoms with van der Waals surface area (Å²) in [4.78, 5) is 4.48. The third-order valence-electron chi connectivity index (χ3n) is 2.11. The number of halogens is 2. The van der Waals surface area contributed by atoms with Gasteiger partial charge in [0.2, 0.25) is 0 Å². The van der Waals surface area contributed by atoms with Crippen LogP contribution in [0, 0.1) is 0 Å². The molecule has 19 heavy (non-hydrogen) atoms. The van der Waals surface area contributed by atoms with Gasteiger partial charge in [-0.15, -0.1) is 0 Å². The molecule has 0 fully saturated rings. The van der Waals surface area contributed by atoms with Gasteiger partial charge in [-0.05, 0) is 12.1 Å². The van der Waals surface area contributed by atoms with E-state index in [1.165, 1.54) is 6.20 Å². The van der Waals surface area contributed by atoms with E-state index in [-0.39, 0.29) is 5.17 Å². The van der Waals surface area contributed by atoms with E-state index in [0.717, 1.165) is 11.3 Å². The molecule has 0 unspecified atom stereocenters. The summed E-state index contributed by atoms with van der Waals surface area (Å²) in [5.41, 5.74) is 0. The van der Waals surface area contributed by atoms with Gasteiger partial charge in [0.15, 0.2) is 5.17 Å². The number of thiazole rings is 1. The summed E-state index contributed by atoms with van der Waals surface area (Å²) >= 11 is 12.8. The summed E-state index contributed by atoms with van der Waals surface area (Å²) in [5.74, 6) is 1.08. The molecule has 8 heteroatoms. The number of oxime groups is 1. The first kappa shape index (κ1) is 13.9. The van der Waals surface area contributed by atoms with Crippen molar-refractivity contribution in [3.8, 4) is 16.7 Å². The van der Waals surface area contributed by atoms with Crippen LogP contribution in [-0.2, 0) is 0 Å². The Bertz CT molecular complexity index is 616. The van der Waals surface area contributed by atoms with Crippen molar-refractivity contribution in [2.75, 3.05) is 7.11 Å². The molecule has 1 N–H and O–H groups in total. The van der Waals surface area contributed by atoms with Crippen molar-refractivity contribution in [2.24, 2.45) is 5.16 Å². The number of rotatable bonds is 4. The van der Waals surface area contributed by atoms with E-state index in [4.69, 9.17) is 37.9 Å². The molecular weight excluding hydrogens is 311 g/mol. The molecule has 0 bridgehead atoms. The number of hydrogen-bond acceptors (Lipinski definition) is 6. The van der Waals surface area contributed by atoms with Gasteiger partial charge in [0.25, 0.3) is 5.19 Å². The third-order valence-corrected chi connectivity index (χ3v) is 3.68. The van der Waals surface area contributed by atoms with Gasteiger partial charge in [0.1, 0.15) is 11.5 Å². The van der Waals surface area contributed by atoms with Crippen molar-refractivity contribution in [3.05, 3.63) is 34.3 Å². The zero-order valence-electron chi connectivity index (χ0n) is 9.63. The predicted molar refractivity (Wildman–Crippen MR) is 74.4 cm³/mol. The van der Waals surface area contributed by atoms with E-state index in [9.17, 15) is 0 Å². The lowest BCUT2D eigenvalue weighted by atomic mass is 10.3. The average molecular weight is 319 g/mol. The fourth-order valence-corrected chi connectivity index (χ4v) is 2.26. The van der Waals surface area contributed by atoms with Crippen LogP contribution in [0.1, 0.15) is 4.88 Å². The summed E-state index contributed by atoms with van der Waals surface area (Å²) in [7, 11) is 1.55. The number of ether oxygens (including phenoxy) is 2. The molecule has 0 atom stereocenters. The van der Waals surface area contributed by atoms with Crippen molar-refractivity contribution < 1.29 is 14.7 Å². The molecule has 0 spiro atoms. The molecule has 1 aromatic heterocycles. The van der Waals surface area contributed by atoms with Crippen molar-refractivity contribution in [3.63, 3.8) is 0 Å². The molecule has 0 aliphatic carbocycles. The van der Waals surface area contributed by atoms with Crippen molar-refractivity contribution in [1.82, 2.24) is 4.98 Å². The smallest absolute Gasteiger partial charge is 0.279 e. The van der Waals surface area contributed by atoms with Crippen molar-refractivity contribution in [2.45, 2.75) is 0 Å². The van der Waals surface area contributed by atoms with E-state index >= 15 is 0 Å². The van der Waals surface area contributed by atoms with Gasteiger partial charge in [0.05, 0.1) is 23.2 Å². The normalized spacial score (nSPS) is 11.4. The molecular formula is C11H8Cl2N2O3S. The maximum atomic E-state index is 8.55. The molecule has 0 amide bonds. The lowest BCUT2D eigenvalue weighted by molar-refractivity contribution is 0.321. The second-order valence-electron chi connectivity index (χ2n) is 3.28. The largest absolute Gasteiger partial charge is 0.497 e. The van der Waals surface area contributed by atoms with Crippen molar-refractivity contribution in [1.29, 1.82) is 0 Å². The SMILES string of the molecule is COc1ccc(Oc2ncc(C(Cl)=NO)s2)c(Cl)c1. The topological polar surface area (TPSA) is 63.9 Å². The quantitative estimate of drug-likeness (QED) is 0.526. The fraction of sp³-hybridized carbons (Fsp3) is 0.0909. The Balaban J connectivity index is 2.19. The maximum absolute atomic E-state index is 8.55. The maximum Gasteiger partial charge on any atom is 0.279 e. The van der Waals surface area contributed by atoms with E-state index in [1.807, 2.05) is 0 Å². The van der Waals surface area contributed by atoms with Gasteiger partial charge in [0, 0.05) is 6.07 Å². The Morgan fingerprint density at radius 1 is 1.47 bits per heavy atom. The van der Waals surface area contributed by atoms with Crippen LogP contribution >= 0.6 is 34.5 Å². The Labute approximate surface area is 123 Å². The standard InChI is InChI=1S/C11H8Cl2N2O3S/c1-17-6-2-3-8(7(12)4-6)18-11-14-5-9(19-11)10(13)15-16/h2-5,16H,1H3. The van der Waals surface area contributed by atoms with E-state index < -0.39 is 0 Å². The van der Waals surface area contributed by atoms with E-state index in [2.05, 4.69) is 10.1 Å². The van der Waals surface area contributed by atoms with Crippen LogP contribution in [0.2, 0.25) is 5.02 Å². The van der Waals surface area contributed by atoms with Crippen LogP contribution in [0.5, 0.6) is 16.7 Å². The molecule has 100 valence electrons. The Hall–Kier alpha value is -1.50. The third kappa shape index (κ3) is 3.28. The Morgan fingerprint density at radius 3 is 2.89 bits per heavy atom. The van der Waals surface area contributed by atoms with Crippen LogP contribution in [-0.4, -0.2) is 22.5 Å². The zero-order chi connectivity index (χ0) is 13.8. The fourth-order valence-electron chi connectivity index (χ4n) is 1.24. The lowest BCUT2D eigenvalue weighted by Gasteiger charge is -2.05. The van der Waals surface area contributed by atoms with Crippen LogP contribution in [0.25, 0.3) is 0 Å². The molecule has 0 radical (unpaired) electrons. The van der Waals surface area contributed by atoms with Gasteiger partial charge in [-0.25, -0.2) is 4.98 Å². The minimum Gasteiger partial charge on any atom is -0.497 e. The van der Waals surface area contributed by atoms with Crippen LogP contribution in [0.3, 0.4) is 0 Å². The summed E-state index contributed by atoms with van der Waals surface area (Å²) in [6, 6.07) is 5.02. The highest BCUT2D eigenvalue weighted by Crippen LogP contribution is 2.34. The van der Waals surface area contributed by atoms with Gasteiger partial charge in [-0.1, -0.05) is 39.7 Å². The summed E-state index contributed by atoms with van der Waals surface area (Å²) < 4.78 is 10.5. The lowest BCUT2D eigenvalue weighted by Crippen LogP contribution is -1.86. The van der Waals surface area contributed by atoms with Gasteiger partial charge < -0.3 is 14.7 Å². The molecule has 2 rings (SSSR count). The first-order chi connectivity index (χ1) is 9.13. The summed E-state index contributed by atoms with van der Waals surface area (Å²) in [6.07, 6.45) is 1.44. The highest BCUT2D eigenvalue weighted by atomic mass is 35.5. The minimum atomic E-state index is -0.0480. The number of benzene rings is 1. The van der Waals surface area contributed by atoms with E-state index in [0.29, 0.717) is 26.6 Å². The number of aromatic nitrogens is 1. The molecule has 0 saturated carbocycles. The number of nitrogens with zero attached hydrogens (tertiary/aromatic N) is 2. The average Bonchev–Trinajstić information content (AvgIpc) is 2.88. The first-order valence-corrected chi connectivity index (χ1v) is 6.56. The van der Waals surface area contributed by atoms with Gasteiger partial charge in [-0.2, -0.15) is 0 Å². The van der Waals surface area contributed by atoms with Crippen LogP contribution in [0.15, 0.2) is 29.6 Å². The molecule has 0 saturated heterocycles. The molecule has 5 nitrogen and oxygen atoms in total. The monoisotopic (exact) mass is 318 g/mol. The summed E-state index contributed by atoms with van der Waals surface area (Å²) in [5, 5.41) is 12.1.